The van der Waals surface area contributed by atoms with E-state index in [1.165, 1.54) is 43.5 Å². The van der Waals surface area contributed by atoms with Gasteiger partial charge in [-0.3, -0.25) is 9.78 Å². The predicted molar refractivity (Wildman–Crippen MR) is 135 cm³/mol. The third-order valence-corrected chi connectivity index (χ3v) is 7.82. The van der Waals surface area contributed by atoms with Crippen molar-refractivity contribution in [1.29, 1.82) is 0 Å². The van der Waals surface area contributed by atoms with E-state index in [0.29, 0.717) is 11.5 Å². The Balaban J connectivity index is 1.96. The van der Waals surface area contributed by atoms with E-state index in [0.717, 1.165) is 6.07 Å². The van der Waals surface area contributed by atoms with Gasteiger partial charge in [0, 0.05) is 23.9 Å². The summed E-state index contributed by atoms with van der Waals surface area (Å²) in [6.45, 7) is 7.97. The first-order valence-electron chi connectivity index (χ1n) is 11.9. The second-order valence-electron chi connectivity index (χ2n) is 9.89. The van der Waals surface area contributed by atoms with Crippen molar-refractivity contribution < 1.29 is 31.5 Å². The second kappa shape index (κ2) is 10.9. The van der Waals surface area contributed by atoms with E-state index in [1.807, 2.05) is 20.8 Å². The number of aromatic nitrogens is 3. The first-order chi connectivity index (χ1) is 17.6. The highest BCUT2D eigenvalue weighted by atomic mass is 32.2. The number of alkyl halides is 3. The normalized spacial score (nSPS) is 13.4. The van der Waals surface area contributed by atoms with Crippen LogP contribution in [0.15, 0.2) is 47.5 Å². The lowest BCUT2D eigenvalue weighted by Gasteiger charge is -2.22. The van der Waals surface area contributed by atoms with Crippen LogP contribution in [0.3, 0.4) is 0 Å². The molecule has 0 aliphatic carbocycles. The van der Waals surface area contributed by atoms with Gasteiger partial charge in [0.25, 0.3) is 5.91 Å². The molecular weight excluding hydrogens is 521 g/mol. The molecule has 206 valence electrons. The molecule has 2 aromatic heterocycles. The molecule has 8 nitrogen and oxygen atoms in total. The molecule has 12 heteroatoms. The van der Waals surface area contributed by atoms with Crippen molar-refractivity contribution in [2.75, 3.05) is 12.4 Å². The summed E-state index contributed by atoms with van der Waals surface area (Å²) in [5, 5.41) is 12.6. The van der Waals surface area contributed by atoms with E-state index in [9.17, 15) is 31.5 Å². The third-order valence-electron chi connectivity index (χ3n) is 6.10. The SMILES string of the molecule is CCS(=O)(=O)c1ccc(C(CO)NC(=O)c2nc(C(C)(C)C)n(Cc3ccccc3C(F)(F)F)c2C)nc1. The van der Waals surface area contributed by atoms with Crippen LogP contribution in [0.1, 0.15) is 72.6 Å². The Labute approximate surface area is 219 Å². The van der Waals surface area contributed by atoms with Crippen molar-refractivity contribution in [1.82, 2.24) is 19.9 Å². The topological polar surface area (TPSA) is 114 Å². The van der Waals surface area contributed by atoms with Crippen LogP contribution in [0.4, 0.5) is 13.2 Å². The van der Waals surface area contributed by atoms with Crippen molar-refractivity contribution in [3.05, 3.63) is 76.6 Å². The monoisotopic (exact) mass is 552 g/mol. The molecule has 1 aromatic carbocycles. The van der Waals surface area contributed by atoms with E-state index in [4.69, 9.17) is 0 Å². The van der Waals surface area contributed by atoms with E-state index in [-0.39, 0.29) is 34.1 Å². The van der Waals surface area contributed by atoms with E-state index in [1.54, 1.807) is 11.5 Å². The molecule has 0 fully saturated rings. The van der Waals surface area contributed by atoms with Crippen LogP contribution in [0.5, 0.6) is 0 Å². The van der Waals surface area contributed by atoms with Crippen molar-refractivity contribution in [2.24, 2.45) is 0 Å². The van der Waals surface area contributed by atoms with Gasteiger partial charge in [-0.05, 0) is 30.7 Å². The minimum Gasteiger partial charge on any atom is -0.394 e. The number of carbonyl (C=O) groups excluding carboxylic acids is 1. The van der Waals surface area contributed by atoms with E-state index in [2.05, 4.69) is 15.3 Å². The Kier molecular flexibility index (Phi) is 8.37. The third kappa shape index (κ3) is 6.24. The Morgan fingerprint density at radius 1 is 1.13 bits per heavy atom. The van der Waals surface area contributed by atoms with Crippen molar-refractivity contribution in [3.63, 3.8) is 0 Å². The fourth-order valence-corrected chi connectivity index (χ4v) is 4.83. The maximum absolute atomic E-state index is 13.6. The number of halogens is 3. The van der Waals surface area contributed by atoms with Crippen LogP contribution in [0, 0.1) is 6.92 Å². The molecule has 0 aliphatic heterocycles. The maximum atomic E-state index is 13.6. The zero-order valence-electron chi connectivity index (χ0n) is 21.8. The minimum absolute atomic E-state index is 0.00282. The lowest BCUT2D eigenvalue weighted by atomic mass is 9.95. The predicted octanol–water partition coefficient (Wildman–Crippen LogP) is 4.21. The van der Waals surface area contributed by atoms with Crippen LogP contribution < -0.4 is 5.32 Å². The molecule has 38 heavy (non-hydrogen) atoms. The van der Waals surface area contributed by atoms with Gasteiger partial charge in [-0.2, -0.15) is 13.2 Å². The zero-order valence-corrected chi connectivity index (χ0v) is 22.6. The van der Waals surface area contributed by atoms with Gasteiger partial charge in [0.05, 0.1) is 34.6 Å². The van der Waals surface area contributed by atoms with Crippen LogP contribution in [-0.2, 0) is 28.0 Å². The summed E-state index contributed by atoms with van der Waals surface area (Å²) < 4.78 is 66.5. The number of carbonyl (C=O) groups is 1. The van der Waals surface area contributed by atoms with Crippen molar-refractivity contribution in [2.45, 2.75) is 63.7 Å². The number of nitrogens with zero attached hydrogens (tertiary/aromatic N) is 3. The largest absolute Gasteiger partial charge is 0.416 e. The molecule has 1 unspecified atom stereocenters. The molecule has 0 spiro atoms. The Morgan fingerprint density at radius 2 is 1.79 bits per heavy atom. The molecule has 3 rings (SSSR count). The maximum Gasteiger partial charge on any atom is 0.416 e. The zero-order chi connectivity index (χ0) is 28.5. The molecule has 1 atom stereocenters. The minimum atomic E-state index is -4.54. The first kappa shape index (κ1) is 29.3. The van der Waals surface area contributed by atoms with Crippen molar-refractivity contribution >= 4 is 15.7 Å². The van der Waals surface area contributed by atoms with Crippen molar-refractivity contribution in [3.8, 4) is 0 Å². The molecule has 1 amide bonds. The molecule has 2 heterocycles. The summed E-state index contributed by atoms with van der Waals surface area (Å²) in [5.41, 5.74) is -0.726. The van der Waals surface area contributed by atoms with Crippen LogP contribution in [0.25, 0.3) is 0 Å². The summed E-state index contributed by atoms with van der Waals surface area (Å²) in [7, 11) is -3.47. The number of pyridine rings is 1. The molecule has 0 saturated carbocycles. The summed E-state index contributed by atoms with van der Waals surface area (Å²) >= 11 is 0. The Morgan fingerprint density at radius 3 is 2.32 bits per heavy atom. The van der Waals surface area contributed by atoms with Crippen LogP contribution >= 0.6 is 0 Å². The number of amides is 1. The Hall–Kier alpha value is -3.25. The van der Waals surface area contributed by atoms with E-state index < -0.39 is 45.5 Å². The summed E-state index contributed by atoms with van der Waals surface area (Å²) in [4.78, 5) is 21.9. The molecule has 0 aliphatic rings. The number of rotatable bonds is 8. The number of hydrogen-bond donors (Lipinski definition) is 2. The van der Waals surface area contributed by atoms with Gasteiger partial charge in [-0.15, -0.1) is 0 Å². The number of aliphatic hydroxyl groups is 1. The molecular formula is C26H31F3N4O4S. The average Bonchev–Trinajstić information content (AvgIpc) is 3.18. The lowest BCUT2D eigenvalue weighted by molar-refractivity contribution is -0.138. The number of sulfone groups is 1. The molecule has 2 N–H and O–H groups in total. The highest BCUT2D eigenvalue weighted by molar-refractivity contribution is 7.91. The van der Waals surface area contributed by atoms with Crippen LogP contribution in [-0.4, -0.2) is 46.3 Å². The van der Waals surface area contributed by atoms with Gasteiger partial charge < -0.3 is 15.0 Å². The highest BCUT2D eigenvalue weighted by Gasteiger charge is 2.34. The highest BCUT2D eigenvalue weighted by Crippen LogP contribution is 2.33. The van der Waals surface area contributed by atoms with Gasteiger partial charge in [0.15, 0.2) is 9.84 Å². The van der Waals surface area contributed by atoms with Crippen LogP contribution in [0.2, 0.25) is 0 Å². The fourth-order valence-electron chi connectivity index (χ4n) is 4.01. The van der Waals surface area contributed by atoms with Gasteiger partial charge >= 0.3 is 6.18 Å². The molecule has 3 aromatic rings. The average molecular weight is 553 g/mol. The fraction of sp³-hybridized carbons (Fsp3) is 0.423. The first-order valence-corrected chi connectivity index (χ1v) is 13.6. The van der Waals surface area contributed by atoms with Gasteiger partial charge in [-0.25, -0.2) is 13.4 Å². The number of benzene rings is 1. The van der Waals surface area contributed by atoms with Gasteiger partial charge in [-0.1, -0.05) is 45.9 Å². The number of imidazole rings is 1. The van der Waals surface area contributed by atoms with E-state index >= 15 is 0 Å². The Bertz CT molecular complexity index is 1410. The number of hydrogen-bond acceptors (Lipinski definition) is 6. The lowest BCUT2D eigenvalue weighted by Crippen LogP contribution is -2.32. The number of nitrogens with one attached hydrogen (secondary N) is 1. The second-order valence-corrected chi connectivity index (χ2v) is 12.2. The summed E-state index contributed by atoms with van der Waals surface area (Å²) in [5.74, 6) is -0.327. The quantitative estimate of drug-likeness (QED) is 0.433. The standard InChI is InChI=1S/C26H31F3N4O4S/c1-6-38(36,37)18-11-12-20(30-13-18)21(15-34)31-23(35)22-16(2)33(24(32-22)25(3,4)5)14-17-9-7-8-10-19(17)26(27,28)29/h7-13,21,34H,6,14-15H2,1-5H3,(H,31,35). The number of aliphatic hydroxyl groups excluding tert-OH is 1. The summed E-state index contributed by atoms with van der Waals surface area (Å²) in [6.07, 6.45) is -3.38. The smallest absolute Gasteiger partial charge is 0.394 e. The van der Waals surface area contributed by atoms with Gasteiger partial charge in [0.2, 0.25) is 0 Å². The molecule has 0 radical (unpaired) electrons. The molecule has 0 bridgehead atoms. The summed E-state index contributed by atoms with van der Waals surface area (Å²) in [6, 6.07) is 7.05. The molecule has 0 saturated heterocycles. The van der Waals surface area contributed by atoms with Gasteiger partial charge in [0.1, 0.15) is 11.5 Å².